The number of rotatable bonds is 4. The number of nitrogens with zero attached hydrogens (tertiary/aromatic N) is 3. The SMILES string of the molecule is FC(F)(F)c1ccccc1-c1cc(NC2=NCN=C(C3CC3)N2)cc(C2CCNCC2)n1. The molecule has 2 fully saturated rings. The summed E-state index contributed by atoms with van der Waals surface area (Å²) in [7, 11) is 0. The van der Waals surface area contributed by atoms with Gasteiger partial charge in [0.2, 0.25) is 5.96 Å². The van der Waals surface area contributed by atoms with Crippen LogP contribution < -0.4 is 16.0 Å². The van der Waals surface area contributed by atoms with Gasteiger partial charge in [0.25, 0.3) is 0 Å². The zero-order valence-corrected chi connectivity index (χ0v) is 17.5. The minimum absolute atomic E-state index is 0.0811. The van der Waals surface area contributed by atoms with Crippen LogP contribution in [0.5, 0.6) is 0 Å². The number of halogens is 3. The van der Waals surface area contributed by atoms with Gasteiger partial charge in [-0.05, 0) is 57.0 Å². The predicted molar refractivity (Wildman–Crippen MR) is 119 cm³/mol. The molecule has 168 valence electrons. The molecule has 0 atom stereocenters. The van der Waals surface area contributed by atoms with Crippen molar-refractivity contribution in [2.24, 2.45) is 15.9 Å². The number of hydrogen-bond donors (Lipinski definition) is 3. The fourth-order valence-electron chi connectivity index (χ4n) is 4.22. The Kier molecular flexibility index (Phi) is 5.58. The molecule has 1 aromatic carbocycles. The van der Waals surface area contributed by atoms with Crippen LogP contribution in [0.1, 0.15) is 42.9 Å². The Balaban J connectivity index is 1.50. The number of aliphatic imine (C=N–C) groups is 2. The first-order valence-electron chi connectivity index (χ1n) is 11.0. The second kappa shape index (κ2) is 8.54. The van der Waals surface area contributed by atoms with Crippen LogP contribution >= 0.6 is 0 Å². The van der Waals surface area contributed by atoms with Crippen LogP contribution in [0, 0.1) is 5.92 Å². The molecule has 3 heterocycles. The number of piperidine rings is 1. The third-order valence-corrected chi connectivity index (χ3v) is 6.05. The molecule has 5 rings (SSSR count). The molecule has 2 aliphatic heterocycles. The molecule has 0 bridgehead atoms. The average molecular weight is 442 g/mol. The smallest absolute Gasteiger partial charge is 0.326 e. The molecule has 2 aromatic rings. The van der Waals surface area contributed by atoms with Crippen molar-refractivity contribution in [3.05, 3.63) is 47.7 Å². The number of benzene rings is 1. The number of nitrogens with one attached hydrogen (secondary N) is 3. The van der Waals surface area contributed by atoms with Crippen molar-refractivity contribution < 1.29 is 13.2 Å². The maximum atomic E-state index is 13.7. The van der Waals surface area contributed by atoms with Crippen LogP contribution in [0.25, 0.3) is 11.3 Å². The zero-order chi connectivity index (χ0) is 22.1. The molecule has 3 aliphatic rings. The molecule has 0 amide bonds. The van der Waals surface area contributed by atoms with Gasteiger partial charge in [-0.3, -0.25) is 4.98 Å². The summed E-state index contributed by atoms with van der Waals surface area (Å²) in [5.74, 6) is 2.15. The molecule has 6 nitrogen and oxygen atoms in total. The zero-order valence-electron chi connectivity index (χ0n) is 17.5. The van der Waals surface area contributed by atoms with Crippen LogP contribution in [0.4, 0.5) is 18.9 Å². The van der Waals surface area contributed by atoms with Crippen LogP contribution in [0.3, 0.4) is 0 Å². The third kappa shape index (κ3) is 4.62. The molecule has 0 radical (unpaired) electrons. The van der Waals surface area contributed by atoms with E-state index in [4.69, 9.17) is 4.98 Å². The lowest BCUT2D eigenvalue weighted by Crippen LogP contribution is -2.39. The van der Waals surface area contributed by atoms with Gasteiger partial charge in [-0.25, -0.2) is 9.98 Å². The first-order valence-corrected chi connectivity index (χ1v) is 11.0. The average Bonchev–Trinajstić information content (AvgIpc) is 3.65. The monoisotopic (exact) mass is 442 g/mol. The van der Waals surface area contributed by atoms with Crippen molar-refractivity contribution in [1.82, 2.24) is 15.6 Å². The van der Waals surface area contributed by atoms with E-state index in [-0.39, 0.29) is 11.5 Å². The summed E-state index contributed by atoms with van der Waals surface area (Å²) in [5.41, 5.74) is 1.18. The van der Waals surface area contributed by atoms with Crippen molar-refractivity contribution in [3.63, 3.8) is 0 Å². The van der Waals surface area contributed by atoms with E-state index in [0.29, 0.717) is 29.9 Å². The van der Waals surface area contributed by atoms with Gasteiger partial charge in [0, 0.05) is 28.8 Å². The standard InChI is InChI=1S/C23H25F3N6/c24-23(25,26)18-4-2-1-3-17(18)20-12-16(11-19(31-20)14-7-9-27-10-8-14)30-22-29-13-28-21(32-22)15-5-6-15/h1-4,11-12,14-15,27H,5-10,13H2,(H2,28,29,30,31,32). The number of alkyl halides is 3. The molecule has 1 aliphatic carbocycles. The Morgan fingerprint density at radius 2 is 1.72 bits per heavy atom. The van der Waals surface area contributed by atoms with Crippen LogP contribution in [0.15, 0.2) is 46.4 Å². The van der Waals surface area contributed by atoms with Crippen molar-refractivity contribution in [2.75, 3.05) is 25.1 Å². The minimum Gasteiger partial charge on any atom is -0.326 e. The van der Waals surface area contributed by atoms with E-state index in [1.165, 1.54) is 12.1 Å². The molecule has 1 aromatic heterocycles. The van der Waals surface area contributed by atoms with Crippen LogP contribution in [0.2, 0.25) is 0 Å². The molecule has 9 heteroatoms. The molecule has 32 heavy (non-hydrogen) atoms. The fraction of sp³-hybridized carbons (Fsp3) is 0.435. The maximum Gasteiger partial charge on any atom is 0.417 e. The summed E-state index contributed by atoms with van der Waals surface area (Å²) < 4.78 is 41.1. The highest BCUT2D eigenvalue weighted by Crippen LogP contribution is 2.38. The highest BCUT2D eigenvalue weighted by atomic mass is 19.4. The van der Waals surface area contributed by atoms with Gasteiger partial charge in [-0.15, -0.1) is 0 Å². The van der Waals surface area contributed by atoms with E-state index in [1.807, 2.05) is 6.07 Å². The van der Waals surface area contributed by atoms with E-state index >= 15 is 0 Å². The second-order valence-corrected chi connectivity index (χ2v) is 8.45. The van der Waals surface area contributed by atoms with E-state index < -0.39 is 11.7 Å². The van der Waals surface area contributed by atoms with E-state index in [9.17, 15) is 13.2 Å². The largest absolute Gasteiger partial charge is 0.417 e. The summed E-state index contributed by atoms with van der Waals surface area (Å²) in [6.45, 7) is 2.08. The van der Waals surface area contributed by atoms with Gasteiger partial charge in [0.1, 0.15) is 12.5 Å². The lowest BCUT2D eigenvalue weighted by atomic mass is 9.93. The summed E-state index contributed by atoms with van der Waals surface area (Å²) in [6.07, 6.45) is -0.427. The first-order chi connectivity index (χ1) is 15.5. The van der Waals surface area contributed by atoms with E-state index in [1.54, 1.807) is 12.1 Å². The molecular weight excluding hydrogens is 417 g/mol. The summed E-state index contributed by atoms with van der Waals surface area (Å²) in [5, 5.41) is 9.83. The van der Waals surface area contributed by atoms with Crippen LogP contribution in [-0.2, 0) is 6.18 Å². The Labute approximate surface area is 184 Å². The predicted octanol–water partition coefficient (Wildman–Crippen LogP) is 4.37. The molecule has 1 saturated heterocycles. The minimum atomic E-state index is -4.46. The number of pyridine rings is 1. The normalized spacial score (nSPS) is 19.7. The third-order valence-electron chi connectivity index (χ3n) is 6.05. The van der Waals surface area contributed by atoms with Crippen LogP contribution in [-0.4, -0.2) is 36.5 Å². The lowest BCUT2D eigenvalue weighted by Gasteiger charge is -2.24. The molecule has 1 saturated carbocycles. The van der Waals surface area contributed by atoms with Crippen molar-refractivity contribution in [1.29, 1.82) is 0 Å². The first kappa shape index (κ1) is 20.9. The van der Waals surface area contributed by atoms with Gasteiger partial charge in [-0.2, -0.15) is 13.2 Å². The van der Waals surface area contributed by atoms with Crippen molar-refractivity contribution in [3.8, 4) is 11.3 Å². The number of anilines is 1. The number of hydrogen-bond acceptors (Lipinski definition) is 6. The Morgan fingerprint density at radius 3 is 2.47 bits per heavy atom. The van der Waals surface area contributed by atoms with Gasteiger partial charge < -0.3 is 16.0 Å². The van der Waals surface area contributed by atoms with Crippen molar-refractivity contribution in [2.45, 2.75) is 37.8 Å². The fourth-order valence-corrected chi connectivity index (χ4v) is 4.22. The molecule has 0 unspecified atom stereocenters. The summed E-state index contributed by atoms with van der Waals surface area (Å²) in [6, 6.07) is 9.20. The number of guanidine groups is 1. The Morgan fingerprint density at radius 1 is 0.938 bits per heavy atom. The summed E-state index contributed by atoms with van der Waals surface area (Å²) in [4.78, 5) is 13.5. The highest BCUT2D eigenvalue weighted by Gasteiger charge is 2.34. The Hall–Kier alpha value is -2.94. The van der Waals surface area contributed by atoms with E-state index in [0.717, 1.165) is 56.4 Å². The quantitative estimate of drug-likeness (QED) is 0.658. The van der Waals surface area contributed by atoms with Gasteiger partial charge in [-0.1, -0.05) is 18.2 Å². The summed E-state index contributed by atoms with van der Waals surface area (Å²) >= 11 is 0. The highest BCUT2D eigenvalue weighted by molar-refractivity contribution is 6.08. The lowest BCUT2D eigenvalue weighted by molar-refractivity contribution is -0.137. The maximum absolute atomic E-state index is 13.7. The Bertz CT molecular complexity index is 1050. The molecule has 0 spiro atoms. The second-order valence-electron chi connectivity index (χ2n) is 8.45. The topological polar surface area (TPSA) is 73.7 Å². The molecular formula is C23H25F3N6. The van der Waals surface area contributed by atoms with Gasteiger partial charge in [0.15, 0.2) is 0 Å². The van der Waals surface area contributed by atoms with E-state index in [2.05, 4.69) is 25.9 Å². The number of aromatic nitrogens is 1. The van der Waals surface area contributed by atoms with Crippen molar-refractivity contribution >= 4 is 17.5 Å². The van der Waals surface area contributed by atoms with Gasteiger partial charge in [0.05, 0.1) is 11.3 Å². The molecule has 3 N–H and O–H groups in total. The number of amidine groups is 1. The van der Waals surface area contributed by atoms with Gasteiger partial charge >= 0.3 is 6.18 Å².